The SMILES string of the molecule is O=C(OCCCC/C(=N\S(=O)(=O)O)S[C@@H]1O[C@H](CO)[C@@H](O)[C@H](O)[C@H]1O)c1ccccc1. The van der Waals surface area contributed by atoms with Gasteiger partial charge in [-0.05, 0) is 31.4 Å². The predicted octanol–water partition coefficient (Wildman–Crippen LogP) is -0.252. The highest BCUT2D eigenvalue weighted by Crippen LogP contribution is 2.30. The maximum Gasteiger partial charge on any atom is 0.379 e. The molecule has 1 heterocycles. The fourth-order valence-corrected chi connectivity index (χ4v) is 4.59. The number of hydrogen-bond acceptors (Lipinski definition) is 10. The van der Waals surface area contributed by atoms with E-state index < -0.39 is 52.7 Å². The highest BCUT2D eigenvalue weighted by Gasteiger charge is 2.44. The lowest BCUT2D eigenvalue weighted by atomic mass is 10.0. The highest BCUT2D eigenvalue weighted by molar-refractivity contribution is 8.14. The van der Waals surface area contributed by atoms with E-state index in [1.165, 1.54) is 0 Å². The van der Waals surface area contributed by atoms with Crippen molar-refractivity contribution in [2.24, 2.45) is 4.40 Å². The zero-order valence-corrected chi connectivity index (χ0v) is 18.0. The van der Waals surface area contributed by atoms with Gasteiger partial charge in [0.25, 0.3) is 0 Å². The van der Waals surface area contributed by atoms with Gasteiger partial charge in [0.1, 0.15) is 29.9 Å². The Morgan fingerprint density at radius 1 is 1.10 bits per heavy atom. The second-order valence-corrected chi connectivity index (χ2v) is 8.96. The molecule has 2 rings (SSSR count). The van der Waals surface area contributed by atoms with E-state index in [1.54, 1.807) is 30.3 Å². The van der Waals surface area contributed by atoms with Crippen LogP contribution in [0.1, 0.15) is 29.6 Å². The Morgan fingerprint density at radius 3 is 2.39 bits per heavy atom. The van der Waals surface area contributed by atoms with Gasteiger partial charge in [-0.25, -0.2) is 4.79 Å². The molecule has 0 aliphatic carbocycles. The molecule has 0 amide bonds. The molecule has 0 bridgehead atoms. The lowest BCUT2D eigenvalue weighted by molar-refractivity contribution is -0.205. The number of thioether (sulfide) groups is 1. The van der Waals surface area contributed by atoms with Crippen LogP contribution < -0.4 is 0 Å². The number of esters is 1. The first-order chi connectivity index (χ1) is 14.6. The Balaban J connectivity index is 1.91. The average Bonchev–Trinajstić information content (AvgIpc) is 2.73. The van der Waals surface area contributed by atoms with Crippen molar-refractivity contribution in [1.29, 1.82) is 0 Å². The minimum atomic E-state index is -4.74. The molecule has 5 N–H and O–H groups in total. The van der Waals surface area contributed by atoms with E-state index in [2.05, 4.69) is 4.40 Å². The van der Waals surface area contributed by atoms with Gasteiger partial charge < -0.3 is 29.9 Å². The Bertz CT molecular complexity index is 846. The van der Waals surface area contributed by atoms with Crippen LogP contribution in [-0.4, -0.2) is 87.5 Å². The van der Waals surface area contributed by atoms with Crippen molar-refractivity contribution in [2.45, 2.75) is 49.1 Å². The Kier molecular flexibility index (Phi) is 9.84. The van der Waals surface area contributed by atoms with Gasteiger partial charge in [0.2, 0.25) is 0 Å². The number of hydrogen-bond donors (Lipinski definition) is 5. The van der Waals surface area contributed by atoms with Gasteiger partial charge in [-0.15, -0.1) is 4.40 Å². The standard InChI is InChI=1S/C18H25NO10S2/c20-10-12-14(21)15(22)16(23)18(29-12)30-13(19-31(25,26)27)8-4-5-9-28-17(24)11-6-2-1-3-7-11/h1-3,6-7,12,14-16,18,20-23H,4-5,8-10H2,(H,25,26,27)/b19-13+/t12-,14-,15+,16-,18+/m1/s1. The van der Waals surface area contributed by atoms with Gasteiger partial charge in [0, 0.05) is 0 Å². The molecule has 13 heteroatoms. The van der Waals surface area contributed by atoms with Crippen LogP contribution in [0.4, 0.5) is 0 Å². The zero-order chi connectivity index (χ0) is 23.0. The summed E-state index contributed by atoms with van der Waals surface area (Å²) >= 11 is 0.635. The molecule has 174 valence electrons. The van der Waals surface area contributed by atoms with Gasteiger partial charge in [-0.3, -0.25) is 4.55 Å². The van der Waals surface area contributed by atoms with Gasteiger partial charge in [-0.2, -0.15) is 8.42 Å². The fourth-order valence-electron chi connectivity index (χ4n) is 2.75. The first-order valence-electron chi connectivity index (χ1n) is 9.38. The molecule has 31 heavy (non-hydrogen) atoms. The van der Waals surface area contributed by atoms with Crippen LogP contribution in [0.25, 0.3) is 0 Å². The smallest absolute Gasteiger partial charge is 0.379 e. The summed E-state index contributed by atoms with van der Waals surface area (Å²) in [4.78, 5) is 11.9. The molecule has 0 saturated carbocycles. The normalized spacial score (nSPS) is 27.1. The number of carbonyl (C=O) groups excluding carboxylic acids is 1. The molecule has 1 saturated heterocycles. The minimum absolute atomic E-state index is 0.0301. The lowest BCUT2D eigenvalue weighted by Crippen LogP contribution is -2.57. The summed E-state index contributed by atoms with van der Waals surface area (Å²) in [6.45, 7) is -0.572. The number of rotatable bonds is 9. The topological polar surface area (TPSA) is 183 Å². The third-order valence-electron chi connectivity index (χ3n) is 4.35. The van der Waals surface area contributed by atoms with E-state index in [0.717, 1.165) is 0 Å². The molecule has 1 aromatic carbocycles. The molecular formula is C18H25NO10S2. The van der Waals surface area contributed by atoms with Crippen molar-refractivity contribution in [2.75, 3.05) is 13.2 Å². The molecule has 0 aromatic heterocycles. The summed E-state index contributed by atoms with van der Waals surface area (Å²) < 4.78 is 45.1. The first-order valence-corrected chi connectivity index (χ1v) is 11.7. The predicted molar refractivity (Wildman–Crippen MR) is 111 cm³/mol. The Morgan fingerprint density at radius 2 is 1.77 bits per heavy atom. The number of ether oxygens (including phenoxy) is 2. The number of benzene rings is 1. The summed E-state index contributed by atoms with van der Waals surface area (Å²) in [6.07, 6.45) is -5.24. The van der Waals surface area contributed by atoms with Gasteiger partial charge in [-0.1, -0.05) is 30.0 Å². The summed E-state index contributed by atoms with van der Waals surface area (Å²) in [5.41, 5.74) is -0.846. The first kappa shape index (κ1) is 25.7. The molecule has 1 aromatic rings. The molecule has 1 fully saturated rings. The number of nitrogens with zero attached hydrogens (tertiary/aromatic N) is 1. The molecule has 0 unspecified atom stereocenters. The number of carbonyl (C=O) groups is 1. The fraction of sp³-hybridized carbons (Fsp3) is 0.556. The summed E-state index contributed by atoms with van der Waals surface area (Å²) in [5, 5.41) is 38.9. The van der Waals surface area contributed by atoms with Crippen molar-refractivity contribution < 1.29 is 47.7 Å². The molecule has 0 spiro atoms. The number of unbranched alkanes of at least 4 members (excludes halogenated alkanes) is 1. The van der Waals surface area contributed by atoms with E-state index >= 15 is 0 Å². The van der Waals surface area contributed by atoms with E-state index in [1.807, 2.05) is 0 Å². The highest BCUT2D eigenvalue weighted by atomic mass is 32.2. The van der Waals surface area contributed by atoms with E-state index in [4.69, 9.17) is 14.0 Å². The van der Waals surface area contributed by atoms with Crippen molar-refractivity contribution in [3.05, 3.63) is 35.9 Å². The van der Waals surface area contributed by atoms with Crippen LogP contribution in [-0.2, 0) is 19.8 Å². The summed E-state index contributed by atoms with van der Waals surface area (Å²) in [6, 6.07) is 8.38. The van der Waals surface area contributed by atoms with Crippen LogP contribution in [0.15, 0.2) is 34.7 Å². The van der Waals surface area contributed by atoms with E-state index in [9.17, 15) is 33.6 Å². The monoisotopic (exact) mass is 479 g/mol. The maximum atomic E-state index is 11.9. The van der Waals surface area contributed by atoms with Crippen LogP contribution >= 0.6 is 11.8 Å². The van der Waals surface area contributed by atoms with Crippen molar-refractivity contribution in [1.82, 2.24) is 0 Å². The van der Waals surface area contributed by atoms with Crippen molar-refractivity contribution in [3.8, 4) is 0 Å². The largest absolute Gasteiger partial charge is 0.462 e. The second kappa shape index (κ2) is 11.9. The average molecular weight is 480 g/mol. The van der Waals surface area contributed by atoms with Gasteiger partial charge in [0.05, 0.1) is 23.8 Å². The van der Waals surface area contributed by atoms with Crippen molar-refractivity contribution in [3.63, 3.8) is 0 Å². The molecule has 1 aliphatic heterocycles. The Labute approximate surface area is 183 Å². The molecule has 11 nitrogen and oxygen atoms in total. The summed E-state index contributed by atoms with van der Waals surface area (Å²) in [5.74, 6) is -0.497. The van der Waals surface area contributed by atoms with Gasteiger partial charge >= 0.3 is 16.3 Å². The van der Waals surface area contributed by atoms with Gasteiger partial charge in [0.15, 0.2) is 0 Å². The van der Waals surface area contributed by atoms with Crippen LogP contribution in [0.2, 0.25) is 0 Å². The molecule has 5 atom stereocenters. The van der Waals surface area contributed by atoms with Crippen LogP contribution in [0, 0.1) is 0 Å². The Hall–Kier alpha value is -1.58. The lowest BCUT2D eigenvalue weighted by Gasteiger charge is -2.39. The van der Waals surface area contributed by atoms with E-state index in [-0.39, 0.29) is 18.1 Å². The maximum absolute atomic E-state index is 11.9. The molecule has 0 radical (unpaired) electrons. The second-order valence-electron chi connectivity index (χ2n) is 6.71. The quantitative estimate of drug-likeness (QED) is 0.103. The third kappa shape index (κ3) is 8.12. The summed E-state index contributed by atoms with van der Waals surface area (Å²) in [7, 11) is -4.74. The number of aliphatic hydroxyl groups excluding tert-OH is 4. The van der Waals surface area contributed by atoms with E-state index in [0.29, 0.717) is 30.2 Å². The minimum Gasteiger partial charge on any atom is -0.462 e. The number of aliphatic hydroxyl groups is 4. The molecular weight excluding hydrogens is 454 g/mol. The zero-order valence-electron chi connectivity index (χ0n) is 16.4. The van der Waals surface area contributed by atoms with Crippen LogP contribution in [0.3, 0.4) is 0 Å². The molecule has 1 aliphatic rings. The third-order valence-corrected chi connectivity index (χ3v) is 6.10. The van der Waals surface area contributed by atoms with Crippen molar-refractivity contribution >= 4 is 33.1 Å². The van der Waals surface area contributed by atoms with Crippen LogP contribution in [0.5, 0.6) is 0 Å².